The minimum Gasteiger partial charge on any atom is -0.467 e. The normalized spacial score (nSPS) is 23.7. The summed E-state index contributed by atoms with van der Waals surface area (Å²) in [6, 6.07) is 0. The van der Waals surface area contributed by atoms with Crippen molar-refractivity contribution in [2.45, 2.75) is 51.2 Å². The van der Waals surface area contributed by atoms with Gasteiger partial charge in [-0.3, -0.25) is 4.79 Å². The predicted octanol–water partition coefficient (Wildman–Crippen LogP) is 1.18. The molecule has 0 radical (unpaired) electrons. The Kier molecular flexibility index (Phi) is 3.98. The van der Waals surface area contributed by atoms with Gasteiger partial charge in [0.25, 0.3) is 0 Å². The molecule has 6 nitrogen and oxygen atoms in total. The number of alkyl carbamates (subject to hydrolysis) is 1. The molecule has 6 heteroatoms. The van der Waals surface area contributed by atoms with Crippen LogP contribution in [0.4, 0.5) is 4.79 Å². The highest BCUT2D eigenvalue weighted by atomic mass is 16.6. The van der Waals surface area contributed by atoms with Gasteiger partial charge in [-0.15, -0.1) is 0 Å². The molecule has 18 heavy (non-hydrogen) atoms. The molecule has 0 aliphatic heterocycles. The molecule has 1 saturated carbocycles. The van der Waals surface area contributed by atoms with Gasteiger partial charge in [-0.1, -0.05) is 0 Å². The number of Topliss-reactive ketones (excluding diaryl/α,β-unsaturated/α-hetero) is 1. The van der Waals surface area contributed by atoms with Gasteiger partial charge in [-0.05, 0) is 27.2 Å². The summed E-state index contributed by atoms with van der Waals surface area (Å²) >= 11 is 0. The summed E-state index contributed by atoms with van der Waals surface area (Å²) in [6.07, 6.45) is -0.260. The summed E-state index contributed by atoms with van der Waals surface area (Å²) in [5.74, 6) is -0.685. The molecule has 0 aromatic rings. The number of hydrogen-bond acceptors (Lipinski definition) is 5. The van der Waals surface area contributed by atoms with E-state index in [9.17, 15) is 14.4 Å². The van der Waals surface area contributed by atoms with Crippen LogP contribution in [0.25, 0.3) is 0 Å². The zero-order valence-corrected chi connectivity index (χ0v) is 11.2. The molecular formula is C12H19NO5. The van der Waals surface area contributed by atoms with Crippen LogP contribution in [0.1, 0.15) is 40.0 Å². The van der Waals surface area contributed by atoms with Crippen molar-refractivity contribution in [1.29, 1.82) is 0 Å². The monoisotopic (exact) mass is 257 g/mol. The summed E-state index contributed by atoms with van der Waals surface area (Å²) in [7, 11) is 1.23. The number of carbonyl (C=O) groups excluding carboxylic acids is 3. The lowest BCUT2D eigenvalue weighted by atomic mass is 9.98. The van der Waals surface area contributed by atoms with Crippen molar-refractivity contribution in [2.24, 2.45) is 0 Å². The van der Waals surface area contributed by atoms with Gasteiger partial charge < -0.3 is 14.8 Å². The number of ketones is 1. The van der Waals surface area contributed by atoms with Crippen LogP contribution in [0.2, 0.25) is 0 Å². The maximum atomic E-state index is 11.7. The largest absolute Gasteiger partial charge is 0.467 e. The first-order chi connectivity index (χ1) is 8.18. The zero-order valence-electron chi connectivity index (χ0n) is 11.2. The van der Waals surface area contributed by atoms with Crippen LogP contribution in [0.15, 0.2) is 0 Å². The van der Waals surface area contributed by atoms with Gasteiger partial charge in [-0.2, -0.15) is 0 Å². The van der Waals surface area contributed by atoms with E-state index in [1.807, 2.05) is 0 Å². The molecule has 1 aliphatic rings. The van der Waals surface area contributed by atoms with Gasteiger partial charge in [0.2, 0.25) is 0 Å². The Bertz CT molecular complexity index is 371. The van der Waals surface area contributed by atoms with E-state index in [-0.39, 0.29) is 25.0 Å². The molecule has 1 rings (SSSR count). The third kappa shape index (κ3) is 3.45. The van der Waals surface area contributed by atoms with Crippen LogP contribution in [0, 0.1) is 0 Å². The Morgan fingerprint density at radius 1 is 1.33 bits per heavy atom. The van der Waals surface area contributed by atoms with Gasteiger partial charge >= 0.3 is 12.1 Å². The summed E-state index contributed by atoms with van der Waals surface area (Å²) in [4.78, 5) is 34.8. The minimum absolute atomic E-state index is 0.0427. The van der Waals surface area contributed by atoms with E-state index in [0.29, 0.717) is 0 Å². The number of hydrogen-bond donors (Lipinski definition) is 1. The Labute approximate surface area is 106 Å². The lowest BCUT2D eigenvalue weighted by molar-refractivity contribution is -0.149. The topological polar surface area (TPSA) is 81.7 Å². The fraction of sp³-hybridized carbons (Fsp3) is 0.750. The third-order valence-corrected chi connectivity index (χ3v) is 2.65. The second-order valence-electron chi connectivity index (χ2n) is 5.42. The van der Waals surface area contributed by atoms with E-state index in [1.165, 1.54) is 7.11 Å². The molecule has 0 heterocycles. The van der Waals surface area contributed by atoms with E-state index >= 15 is 0 Å². The summed E-state index contributed by atoms with van der Waals surface area (Å²) < 4.78 is 9.74. The van der Waals surface area contributed by atoms with Crippen molar-refractivity contribution in [2.75, 3.05) is 7.11 Å². The van der Waals surface area contributed by atoms with Gasteiger partial charge in [0.15, 0.2) is 0 Å². The third-order valence-electron chi connectivity index (χ3n) is 2.65. The van der Waals surface area contributed by atoms with Crippen molar-refractivity contribution in [3.63, 3.8) is 0 Å². The molecule has 1 aliphatic carbocycles. The zero-order chi connectivity index (χ0) is 14.0. The molecule has 1 fully saturated rings. The van der Waals surface area contributed by atoms with E-state index in [2.05, 4.69) is 10.1 Å². The first kappa shape index (κ1) is 14.5. The molecule has 1 amide bonds. The Morgan fingerprint density at radius 3 is 2.33 bits per heavy atom. The highest BCUT2D eigenvalue weighted by Gasteiger charge is 2.48. The van der Waals surface area contributed by atoms with E-state index in [0.717, 1.165) is 0 Å². The van der Waals surface area contributed by atoms with Crippen LogP contribution < -0.4 is 5.32 Å². The lowest BCUT2D eigenvalue weighted by Gasteiger charge is -2.28. The number of carbonyl (C=O) groups is 3. The number of methoxy groups -OCH3 is 1. The average Bonchev–Trinajstić information content (AvgIpc) is 2.57. The molecule has 0 spiro atoms. The average molecular weight is 257 g/mol. The maximum Gasteiger partial charge on any atom is 0.408 e. The van der Waals surface area contributed by atoms with Crippen LogP contribution >= 0.6 is 0 Å². The standard InChI is InChI=1S/C12H19NO5/c1-11(2,3)18-10(16)13-12(9(15)17-4)6-5-8(14)7-12/h5-7H2,1-4H3,(H,13,16)/t12-/m1/s1. The highest BCUT2D eigenvalue weighted by molar-refractivity contribution is 5.95. The minimum atomic E-state index is -1.27. The number of ether oxygens (including phenoxy) is 2. The fourth-order valence-corrected chi connectivity index (χ4v) is 1.89. The van der Waals surface area contributed by atoms with Crippen molar-refractivity contribution < 1.29 is 23.9 Å². The number of nitrogens with one attached hydrogen (secondary N) is 1. The molecule has 0 unspecified atom stereocenters. The van der Waals surface area contributed by atoms with E-state index in [1.54, 1.807) is 20.8 Å². The number of amides is 1. The first-order valence-electron chi connectivity index (χ1n) is 5.80. The van der Waals surface area contributed by atoms with Crippen molar-refractivity contribution in [3.05, 3.63) is 0 Å². The van der Waals surface area contributed by atoms with Crippen LogP contribution in [0.5, 0.6) is 0 Å². The first-order valence-corrected chi connectivity index (χ1v) is 5.80. The molecule has 1 N–H and O–H groups in total. The molecule has 0 saturated heterocycles. The second-order valence-corrected chi connectivity index (χ2v) is 5.42. The van der Waals surface area contributed by atoms with Crippen LogP contribution in [0.3, 0.4) is 0 Å². The van der Waals surface area contributed by atoms with Gasteiger partial charge in [0.05, 0.1) is 7.11 Å². The van der Waals surface area contributed by atoms with E-state index < -0.39 is 23.2 Å². The Hall–Kier alpha value is -1.59. The van der Waals surface area contributed by atoms with Gasteiger partial charge in [0.1, 0.15) is 16.9 Å². The maximum absolute atomic E-state index is 11.7. The smallest absolute Gasteiger partial charge is 0.408 e. The van der Waals surface area contributed by atoms with Crippen molar-refractivity contribution in [1.82, 2.24) is 5.32 Å². The summed E-state index contributed by atoms with van der Waals surface area (Å²) in [5, 5.41) is 2.47. The number of esters is 1. The predicted molar refractivity (Wildman–Crippen MR) is 63.0 cm³/mol. The molecule has 0 aromatic heterocycles. The molecule has 1 atom stereocenters. The van der Waals surface area contributed by atoms with Crippen LogP contribution in [-0.4, -0.2) is 36.1 Å². The SMILES string of the molecule is COC(=O)[C@@]1(NC(=O)OC(C)(C)C)CCC(=O)C1. The molecule has 0 aromatic carbocycles. The summed E-state index contributed by atoms with van der Waals surface area (Å²) in [6.45, 7) is 5.16. The quantitative estimate of drug-likeness (QED) is 0.751. The second kappa shape index (κ2) is 4.96. The van der Waals surface area contributed by atoms with Crippen molar-refractivity contribution in [3.8, 4) is 0 Å². The molecular weight excluding hydrogens is 238 g/mol. The molecule has 102 valence electrons. The van der Waals surface area contributed by atoms with E-state index in [4.69, 9.17) is 4.74 Å². The summed E-state index contributed by atoms with van der Waals surface area (Å²) in [5.41, 5.74) is -1.93. The Morgan fingerprint density at radius 2 is 1.94 bits per heavy atom. The highest BCUT2D eigenvalue weighted by Crippen LogP contribution is 2.28. The van der Waals surface area contributed by atoms with Gasteiger partial charge in [0, 0.05) is 12.8 Å². The number of rotatable bonds is 2. The van der Waals surface area contributed by atoms with Crippen LogP contribution in [-0.2, 0) is 19.1 Å². The fourth-order valence-electron chi connectivity index (χ4n) is 1.89. The molecule has 0 bridgehead atoms. The Balaban J connectivity index is 2.78. The van der Waals surface area contributed by atoms with Crippen molar-refractivity contribution >= 4 is 17.8 Å². The van der Waals surface area contributed by atoms with Gasteiger partial charge in [-0.25, -0.2) is 9.59 Å². The lowest BCUT2D eigenvalue weighted by Crippen LogP contribution is -2.54.